The third kappa shape index (κ3) is 2.91. The Morgan fingerprint density at radius 2 is 2.10 bits per heavy atom. The first-order valence-corrected chi connectivity index (χ1v) is 9.15. The van der Waals surface area contributed by atoms with Crippen LogP contribution in [0, 0.1) is 0 Å². The number of hydrogen-bond donors (Lipinski definition) is 1. The zero-order chi connectivity index (χ0) is 15.0. The van der Waals surface area contributed by atoms with Gasteiger partial charge in [-0.3, -0.25) is 5.73 Å². The minimum absolute atomic E-state index is 0.0111. The lowest BCUT2D eigenvalue weighted by atomic mass is 10.2. The van der Waals surface area contributed by atoms with E-state index in [9.17, 15) is 8.42 Å². The summed E-state index contributed by atoms with van der Waals surface area (Å²) < 4.78 is 30.1. The lowest BCUT2D eigenvalue weighted by molar-refractivity contribution is -0.558. The smallest absolute Gasteiger partial charge is 0.330 e. The average Bonchev–Trinajstić information content (AvgIpc) is 2.88. The standard InChI is InChI=1S/C13H15N3O3S2/c1-19-10-4-2-9(3-5-10)6-15-16-11-7-21(17,18)8-12(11)20-13(16)14/h2-6,11-12,14H,7-8H2,1H3/p+1/b15-6+. The van der Waals surface area contributed by atoms with Crippen molar-refractivity contribution >= 4 is 33.0 Å². The largest absolute Gasteiger partial charge is 0.497 e. The molecule has 2 atom stereocenters. The van der Waals surface area contributed by atoms with Crippen LogP contribution in [0.5, 0.6) is 5.75 Å². The highest BCUT2D eigenvalue weighted by atomic mass is 32.2. The Hall–Kier alpha value is -1.54. The van der Waals surface area contributed by atoms with Crippen LogP contribution in [0.2, 0.25) is 0 Å². The second-order valence-electron chi connectivity index (χ2n) is 5.00. The van der Waals surface area contributed by atoms with Gasteiger partial charge in [-0.2, -0.15) is 0 Å². The van der Waals surface area contributed by atoms with E-state index in [1.807, 2.05) is 24.3 Å². The molecule has 1 fully saturated rings. The summed E-state index contributed by atoms with van der Waals surface area (Å²) in [7, 11) is -1.36. The molecule has 3 rings (SSSR count). The van der Waals surface area contributed by atoms with Gasteiger partial charge in [0.15, 0.2) is 15.9 Å². The number of rotatable bonds is 3. The SMILES string of the molecule is COc1ccc(/C=N/[N+]2=C(N)SC3CS(=O)(=O)CC32)cc1. The second-order valence-corrected chi connectivity index (χ2v) is 8.41. The molecule has 2 unspecified atom stereocenters. The van der Waals surface area contributed by atoms with Crippen molar-refractivity contribution < 1.29 is 17.8 Å². The van der Waals surface area contributed by atoms with Gasteiger partial charge in [0, 0.05) is 0 Å². The number of sulfone groups is 1. The van der Waals surface area contributed by atoms with Gasteiger partial charge >= 0.3 is 5.17 Å². The predicted molar refractivity (Wildman–Crippen MR) is 83.9 cm³/mol. The molecule has 0 saturated carbocycles. The van der Waals surface area contributed by atoms with Crippen LogP contribution in [0.3, 0.4) is 0 Å². The van der Waals surface area contributed by atoms with E-state index in [-0.39, 0.29) is 22.8 Å². The van der Waals surface area contributed by atoms with E-state index in [0.29, 0.717) is 5.17 Å². The van der Waals surface area contributed by atoms with Crippen molar-refractivity contribution in [3.8, 4) is 5.75 Å². The van der Waals surface area contributed by atoms with Gasteiger partial charge in [-0.25, -0.2) is 8.42 Å². The van der Waals surface area contributed by atoms with Crippen LogP contribution in [0.25, 0.3) is 0 Å². The van der Waals surface area contributed by atoms with Gasteiger partial charge in [-0.1, -0.05) is 5.10 Å². The summed E-state index contributed by atoms with van der Waals surface area (Å²) in [5.41, 5.74) is 6.85. The molecule has 2 N–H and O–H groups in total. The van der Waals surface area contributed by atoms with E-state index < -0.39 is 9.84 Å². The van der Waals surface area contributed by atoms with E-state index in [1.54, 1.807) is 18.0 Å². The molecule has 0 aliphatic carbocycles. The van der Waals surface area contributed by atoms with Crippen molar-refractivity contribution in [2.45, 2.75) is 11.3 Å². The molecule has 21 heavy (non-hydrogen) atoms. The van der Waals surface area contributed by atoms with E-state index in [2.05, 4.69) is 5.10 Å². The fourth-order valence-corrected chi connectivity index (χ4v) is 6.21. The Kier molecular flexibility index (Phi) is 3.66. The average molecular weight is 326 g/mol. The number of thioether (sulfide) groups is 1. The maximum atomic E-state index is 11.7. The molecule has 1 saturated heterocycles. The Labute approximate surface area is 127 Å². The normalized spacial score (nSPS) is 27.3. The number of fused-ring (bicyclic) bond motifs is 1. The Bertz CT molecular complexity index is 711. The summed E-state index contributed by atoms with van der Waals surface area (Å²) in [5, 5.41) is 4.91. The number of amidine groups is 1. The monoisotopic (exact) mass is 326 g/mol. The van der Waals surface area contributed by atoms with E-state index in [0.717, 1.165) is 11.3 Å². The zero-order valence-corrected chi connectivity index (χ0v) is 13.1. The Balaban J connectivity index is 1.80. The molecule has 0 amide bonds. The van der Waals surface area contributed by atoms with Crippen molar-refractivity contribution in [2.24, 2.45) is 10.8 Å². The molecule has 2 aliphatic heterocycles. The van der Waals surface area contributed by atoms with Crippen molar-refractivity contribution in [3.63, 3.8) is 0 Å². The van der Waals surface area contributed by atoms with Gasteiger partial charge in [0.1, 0.15) is 5.75 Å². The topological polar surface area (TPSA) is 84.8 Å². The fourth-order valence-electron chi connectivity index (χ4n) is 2.47. The molecule has 2 aliphatic rings. The first-order valence-electron chi connectivity index (χ1n) is 6.45. The van der Waals surface area contributed by atoms with Crippen LogP contribution in [-0.2, 0) is 9.84 Å². The third-order valence-corrected chi connectivity index (χ3v) is 6.67. The summed E-state index contributed by atoms with van der Waals surface area (Å²) in [6.07, 6.45) is 1.68. The number of hydrazone groups is 1. The van der Waals surface area contributed by atoms with Gasteiger partial charge in [-0.05, 0) is 41.6 Å². The molecule has 6 nitrogen and oxygen atoms in total. The maximum absolute atomic E-state index is 11.7. The van der Waals surface area contributed by atoms with E-state index in [4.69, 9.17) is 10.5 Å². The molecule has 0 aromatic heterocycles. The first kappa shape index (κ1) is 14.4. The lowest BCUT2D eigenvalue weighted by Gasteiger charge is -2.04. The highest BCUT2D eigenvalue weighted by Crippen LogP contribution is 2.32. The molecule has 0 bridgehead atoms. The number of nitrogens with two attached hydrogens (primary N) is 1. The third-order valence-electron chi connectivity index (χ3n) is 3.53. The summed E-state index contributed by atoms with van der Waals surface area (Å²) in [6.45, 7) is 0. The predicted octanol–water partition coefficient (Wildman–Crippen LogP) is 0.269. The fraction of sp³-hybridized carbons (Fsp3) is 0.385. The molecule has 112 valence electrons. The second kappa shape index (κ2) is 5.34. The summed E-state index contributed by atoms with van der Waals surface area (Å²) in [6, 6.07) is 7.29. The lowest BCUT2D eigenvalue weighted by Crippen LogP contribution is -2.29. The van der Waals surface area contributed by atoms with Crippen molar-refractivity contribution in [1.82, 2.24) is 0 Å². The quantitative estimate of drug-likeness (QED) is 0.636. The molecular formula is C13H16N3O3S2+. The van der Waals surface area contributed by atoms with Gasteiger partial charge in [-0.15, -0.1) is 4.68 Å². The molecular weight excluding hydrogens is 310 g/mol. The van der Waals surface area contributed by atoms with Gasteiger partial charge in [0.2, 0.25) is 0 Å². The summed E-state index contributed by atoms with van der Waals surface area (Å²) >= 11 is 1.40. The van der Waals surface area contributed by atoms with Crippen molar-refractivity contribution in [1.29, 1.82) is 0 Å². The van der Waals surface area contributed by atoms with Crippen LogP contribution in [-0.4, -0.2) is 54.4 Å². The van der Waals surface area contributed by atoms with Crippen molar-refractivity contribution in [2.75, 3.05) is 18.6 Å². The van der Waals surface area contributed by atoms with Crippen molar-refractivity contribution in [3.05, 3.63) is 29.8 Å². The van der Waals surface area contributed by atoms with Crippen LogP contribution >= 0.6 is 11.8 Å². The van der Waals surface area contributed by atoms with Crippen LogP contribution in [0.15, 0.2) is 29.4 Å². The van der Waals surface area contributed by atoms with Crippen LogP contribution < -0.4 is 10.5 Å². The maximum Gasteiger partial charge on any atom is 0.330 e. The molecule has 8 heteroatoms. The van der Waals surface area contributed by atoms with Gasteiger partial charge in [0.05, 0.1) is 30.1 Å². The van der Waals surface area contributed by atoms with Crippen LogP contribution in [0.1, 0.15) is 5.56 Å². The minimum Gasteiger partial charge on any atom is -0.497 e. The number of hydrogen-bond acceptors (Lipinski definition) is 6. The zero-order valence-electron chi connectivity index (χ0n) is 11.5. The number of nitrogens with zero attached hydrogens (tertiary/aromatic N) is 2. The number of ether oxygens (including phenoxy) is 1. The highest BCUT2D eigenvalue weighted by molar-refractivity contribution is 8.15. The molecule has 1 aromatic carbocycles. The first-order chi connectivity index (χ1) is 9.98. The van der Waals surface area contributed by atoms with Crippen LogP contribution in [0.4, 0.5) is 0 Å². The van der Waals surface area contributed by atoms with Gasteiger partial charge in [0.25, 0.3) is 0 Å². The highest BCUT2D eigenvalue weighted by Gasteiger charge is 2.49. The number of methoxy groups -OCH3 is 1. The molecule has 0 radical (unpaired) electrons. The minimum atomic E-state index is -2.98. The molecule has 0 spiro atoms. The summed E-state index contributed by atoms with van der Waals surface area (Å²) in [4.78, 5) is 0. The molecule has 1 aromatic rings. The summed E-state index contributed by atoms with van der Waals surface area (Å²) in [5.74, 6) is 1.07. The van der Waals surface area contributed by atoms with Gasteiger partial charge < -0.3 is 4.74 Å². The molecule has 2 heterocycles. The Morgan fingerprint density at radius 1 is 1.38 bits per heavy atom. The van der Waals surface area contributed by atoms with E-state index >= 15 is 0 Å². The number of benzene rings is 1. The van der Waals surface area contributed by atoms with E-state index in [1.165, 1.54) is 11.8 Å². The Morgan fingerprint density at radius 3 is 2.76 bits per heavy atom.